The third kappa shape index (κ3) is 4.20. The van der Waals surface area contributed by atoms with Gasteiger partial charge >= 0.3 is 0 Å². The molecule has 0 aliphatic heterocycles. The Morgan fingerprint density at radius 2 is 1.86 bits per heavy atom. The molecule has 2 aromatic rings. The highest BCUT2D eigenvalue weighted by atomic mass is 19.1. The molecule has 0 amide bonds. The van der Waals surface area contributed by atoms with Gasteiger partial charge in [0.15, 0.2) is 0 Å². The highest BCUT2D eigenvalue weighted by Crippen LogP contribution is 2.23. The van der Waals surface area contributed by atoms with Gasteiger partial charge in [-0.2, -0.15) is 0 Å². The number of rotatable bonds is 7. The molecule has 0 heterocycles. The standard InChI is InChI=1S/C17H20FNO2/c1-3-19-17(12-21-13-7-5-4-6-8-13)15-10-9-14(20-2)11-16(15)18/h4-11,17,19H,3,12H2,1-2H3. The van der Waals surface area contributed by atoms with Crippen molar-refractivity contribution < 1.29 is 13.9 Å². The third-order valence-electron chi connectivity index (χ3n) is 3.19. The van der Waals surface area contributed by atoms with Gasteiger partial charge in [-0.15, -0.1) is 0 Å². The summed E-state index contributed by atoms with van der Waals surface area (Å²) in [5, 5.41) is 3.24. The van der Waals surface area contributed by atoms with Gasteiger partial charge in [0.25, 0.3) is 0 Å². The lowest BCUT2D eigenvalue weighted by molar-refractivity contribution is 0.264. The van der Waals surface area contributed by atoms with E-state index in [0.29, 0.717) is 17.9 Å². The highest BCUT2D eigenvalue weighted by molar-refractivity contribution is 5.31. The van der Waals surface area contributed by atoms with E-state index in [4.69, 9.17) is 9.47 Å². The Kier molecular flexibility index (Phi) is 5.58. The van der Waals surface area contributed by atoms with Crippen LogP contribution in [0.15, 0.2) is 48.5 Å². The van der Waals surface area contributed by atoms with Crippen molar-refractivity contribution in [3.8, 4) is 11.5 Å². The topological polar surface area (TPSA) is 30.5 Å². The lowest BCUT2D eigenvalue weighted by Gasteiger charge is -2.20. The quantitative estimate of drug-likeness (QED) is 0.845. The molecule has 0 aliphatic rings. The summed E-state index contributed by atoms with van der Waals surface area (Å²) < 4.78 is 24.9. The summed E-state index contributed by atoms with van der Waals surface area (Å²) in [6.45, 7) is 3.08. The number of para-hydroxylation sites is 1. The van der Waals surface area contributed by atoms with Gasteiger partial charge < -0.3 is 14.8 Å². The van der Waals surface area contributed by atoms with Crippen LogP contribution in [0.1, 0.15) is 18.5 Å². The molecule has 0 bridgehead atoms. The minimum atomic E-state index is -0.294. The molecule has 0 fully saturated rings. The normalized spacial score (nSPS) is 12.0. The van der Waals surface area contributed by atoms with Crippen LogP contribution in [0.25, 0.3) is 0 Å². The number of nitrogens with one attached hydrogen (secondary N) is 1. The van der Waals surface area contributed by atoms with Crippen molar-refractivity contribution in [2.45, 2.75) is 13.0 Å². The van der Waals surface area contributed by atoms with E-state index in [1.165, 1.54) is 13.2 Å². The number of hydrogen-bond donors (Lipinski definition) is 1. The molecule has 1 unspecified atom stereocenters. The zero-order valence-corrected chi connectivity index (χ0v) is 12.3. The molecule has 21 heavy (non-hydrogen) atoms. The van der Waals surface area contributed by atoms with Crippen molar-refractivity contribution in [2.75, 3.05) is 20.3 Å². The summed E-state index contributed by atoms with van der Waals surface area (Å²) in [6.07, 6.45) is 0. The summed E-state index contributed by atoms with van der Waals surface area (Å²) in [7, 11) is 1.52. The zero-order chi connectivity index (χ0) is 15.1. The predicted molar refractivity (Wildman–Crippen MR) is 81.3 cm³/mol. The third-order valence-corrected chi connectivity index (χ3v) is 3.19. The first-order valence-corrected chi connectivity index (χ1v) is 6.99. The van der Waals surface area contributed by atoms with Crippen molar-refractivity contribution in [3.63, 3.8) is 0 Å². The molecule has 0 saturated heterocycles. The average molecular weight is 289 g/mol. The van der Waals surface area contributed by atoms with Crippen LogP contribution < -0.4 is 14.8 Å². The number of hydrogen-bond acceptors (Lipinski definition) is 3. The number of ether oxygens (including phenoxy) is 2. The summed E-state index contributed by atoms with van der Waals surface area (Å²) in [5.41, 5.74) is 0.577. The highest BCUT2D eigenvalue weighted by Gasteiger charge is 2.16. The van der Waals surface area contributed by atoms with E-state index < -0.39 is 0 Å². The number of benzene rings is 2. The molecule has 0 spiro atoms. The molecule has 0 aromatic heterocycles. The molecule has 1 N–H and O–H groups in total. The fourth-order valence-electron chi connectivity index (χ4n) is 2.12. The molecule has 0 saturated carbocycles. The largest absolute Gasteiger partial charge is 0.497 e. The molecule has 4 heteroatoms. The Morgan fingerprint density at radius 1 is 1.10 bits per heavy atom. The van der Waals surface area contributed by atoms with Gasteiger partial charge in [0.05, 0.1) is 13.2 Å². The van der Waals surface area contributed by atoms with Crippen LogP contribution in [-0.4, -0.2) is 20.3 Å². The van der Waals surface area contributed by atoms with Gasteiger partial charge in [-0.3, -0.25) is 0 Å². The van der Waals surface area contributed by atoms with Gasteiger partial charge in [0.2, 0.25) is 0 Å². The van der Waals surface area contributed by atoms with E-state index in [9.17, 15) is 4.39 Å². The zero-order valence-electron chi connectivity index (χ0n) is 12.3. The minimum Gasteiger partial charge on any atom is -0.497 e. The lowest BCUT2D eigenvalue weighted by Crippen LogP contribution is -2.27. The smallest absolute Gasteiger partial charge is 0.131 e. The summed E-state index contributed by atoms with van der Waals surface area (Å²) >= 11 is 0. The Balaban J connectivity index is 2.11. The lowest BCUT2D eigenvalue weighted by atomic mass is 10.1. The van der Waals surface area contributed by atoms with Crippen LogP contribution in [0.4, 0.5) is 4.39 Å². The van der Waals surface area contributed by atoms with E-state index in [-0.39, 0.29) is 11.9 Å². The van der Waals surface area contributed by atoms with E-state index in [1.54, 1.807) is 12.1 Å². The molecular weight excluding hydrogens is 269 g/mol. The number of halogens is 1. The molecule has 2 aromatic carbocycles. The van der Waals surface area contributed by atoms with Gasteiger partial charge in [0.1, 0.15) is 23.9 Å². The molecule has 3 nitrogen and oxygen atoms in total. The van der Waals surface area contributed by atoms with Crippen LogP contribution in [0.2, 0.25) is 0 Å². The van der Waals surface area contributed by atoms with Crippen molar-refractivity contribution >= 4 is 0 Å². The van der Waals surface area contributed by atoms with Gasteiger partial charge in [-0.1, -0.05) is 31.2 Å². The second-order valence-electron chi connectivity index (χ2n) is 4.62. The Bertz CT molecular complexity index is 560. The summed E-state index contributed by atoms with van der Waals surface area (Å²) in [6, 6.07) is 14.2. The van der Waals surface area contributed by atoms with E-state index >= 15 is 0 Å². The van der Waals surface area contributed by atoms with Crippen molar-refractivity contribution in [1.82, 2.24) is 5.32 Å². The van der Waals surface area contributed by atoms with Crippen LogP contribution in [0.3, 0.4) is 0 Å². The second kappa shape index (κ2) is 7.64. The molecule has 1 atom stereocenters. The maximum Gasteiger partial charge on any atom is 0.131 e. The first-order valence-electron chi connectivity index (χ1n) is 6.99. The van der Waals surface area contributed by atoms with Crippen LogP contribution in [-0.2, 0) is 0 Å². The van der Waals surface area contributed by atoms with Gasteiger partial charge in [0, 0.05) is 11.6 Å². The monoisotopic (exact) mass is 289 g/mol. The summed E-state index contributed by atoms with van der Waals surface area (Å²) in [5.74, 6) is 0.988. The molecule has 112 valence electrons. The minimum absolute atomic E-state index is 0.207. The predicted octanol–water partition coefficient (Wildman–Crippen LogP) is 3.56. The Hall–Kier alpha value is -2.07. The van der Waals surface area contributed by atoms with E-state index in [2.05, 4.69) is 5.32 Å². The van der Waals surface area contributed by atoms with Crippen LogP contribution >= 0.6 is 0 Å². The van der Waals surface area contributed by atoms with Crippen LogP contribution in [0, 0.1) is 5.82 Å². The second-order valence-corrected chi connectivity index (χ2v) is 4.62. The van der Waals surface area contributed by atoms with Crippen molar-refractivity contribution in [1.29, 1.82) is 0 Å². The fourth-order valence-corrected chi connectivity index (χ4v) is 2.12. The molecular formula is C17H20FNO2. The molecule has 2 rings (SSSR count). The Labute approximate surface area is 124 Å². The Morgan fingerprint density at radius 3 is 2.48 bits per heavy atom. The van der Waals surface area contributed by atoms with Crippen LogP contribution in [0.5, 0.6) is 11.5 Å². The van der Waals surface area contributed by atoms with Gasteiger partial charge in [-0.25, -0.2) is 4.39 Å². The van der Waals surface area contributed by atoms with Crippen molar-refractivity contribution in [2.24, 2.45) is 0 Å². The fraction of sp³-hybridized carbons (Fsp3) is 0.294. The number of methoxy groups -OCH3 is 1. The maximum absolute atomic E-state index is 14.2. The summed E-state index contributed by atoms with van der Waals surface area (Å²) in [4.78, 5) is 0. The molecule has 0 aliphatic carbocycles. The SMILES string of the molecule is CCNC(COc1ccccc1)c1ccc(OC)cc1F. The van der Waals surface area contributed by atoms with E-state index in [0.717, 1.165) is 12.3 Å². The van der Waals surface area contributed by atoms with Gasteiger partial charge in [-0.05, 0) is 24.7 Å². The van der Waals surface area contributed by atoms with E-state index in [1.807, 2.05) is 37.3 Å². The first kappa shape index (κ1) is 15.3. The first-order chi connectivity index (χ1) is 10.2. The van der Waals surface area contributed by atoms with Crippen molar-refractivity contribution in [3.05, 3.63) is 59.9 Å². The molecule has 0 radical (unpaired) electrons. The number of likely N-dealkylation sites (N-methyl/N-ethyl adjacent to an activating group) is 1. The average Bonchev–Trinajstić information content (AvgIpc) is 2.52. The maximum atomic E-state index is 14.2.